The molecule has 0 aliphatic heterocycles. The minimum absolute atomic E-state index is 0.451. The Labute approximate surface area is 231 Å². The molecule has 5 nitrogen and oxygen atoms in total. The first-order valence-corrected chi connectivity index (χ1v) is 18.5. The summed E-state index contributed by atoms with van der Waals surface area (Å²) in [7, 11) is -1.03. The van der Waals surface area contributed by atoms with Crippen molar-refractivity contribution in [1.82, 2.24) is 9.97 Å². The third-order valence-corrected chi connectivity index (χ3v) is 11.9. The van der Waals surface area contributed by atoms with Crippen molar-refractivity contribution in [2.45, 2.75) is 122 Å². The Kier molecular flexibility index (Phi) is 12.3. The van der Waals surface area contributed by atoms with Gasteiger partial charge in [0.1, 0.15) is 0 Å². The van der Waals surface area contributed by atoms with Crippen LogP contribution in [0.3, 0.4) is 0 Å². The first-order chi connectivity index (χ1) is 18.3. The number of nitrogens with zero attached hydrogens (tertiary/aromatic N) is 2. The maximum atomic E-state index is 11.8. The van der Waals surface area contributed by atoms with E-state index in [0.29, 0.717) is 0 Å². The fourth-order valence-electron chi connectivity index (χ4n) is 5.80. The predicted octanol–water partition coefficient (Wildman–Crippen LogP) is 8.95. The number of aromatic nitrogens is 2. The van der Waals surface area contributed by atoms with Crippen LogP contribution in [-0.2, 0) is 11.2 Å². The summed E-state index contributed by atoms with van der Waals surface area (Å²) in [5.74, 6) is 0.887. The van der Waals surface area contributed by atoms with Crippen molar-refractivity contribution >= 4 is 14.0 Å². The number of carboxylic acid groups (broad SMARTS) is 1. The van der Waals surface area contributed by atoms with Gasteiger partial charge in [-0.3, -0.25) is 4.79 Å². The fraction of sp³-hybridized carbons (Fsp3) is 0.656. The third-order valence-electron chi connectivity index (χ3n) is 8.45. The maximum absolute atomic E-state index is 11.8. The van der Waals surface area contributed by atoms with E-state index >= 15 is 0 Å². The molecular formula is C32H50N2O3Si. The van der Waals surface area contributed by atoms with Crippen molar-refractivity contribution in [3.63, 3.8) is 0 Å². The van der Waals surface area contributed by atoms with E-state index in [2.05, 4.69) is 54.3 Å². The number of aryl methyl sites for hydroxylation is 1. The second-order valence-electron chi connectivity index (χ2n) is 12.2. The van der Waals surface area contributed by atoms with Crippen molar-refractivity contribution < 1.29 is 14.6 Å². The van der Waals surface area contributed by atoms with Crippen LogP contribution in [-0.4, -0.2) is 35.7 Å². The van der Waals surface area contributed by atoms with Crippen LogP contribution >= 0.6 is 0 Å². The van der Waals surface area contributed by atoms with Crippen LogP contribution in [0, 0.1) is 5.41 Å². The summed E-state index contributed by atoms with van der Waals surface area (Å²) in [6, 6.07) is 11.3. The monoisotopic (exact) mass is 538 g/mol. The topological polar surface area (TPSA) is 72.3 Å². The minimum Gasteiger partial charge on any atom is -0.490 e. The van der Waals surface area contributed by atoms with Gasteiger partial charge in [0.25, 0.3) is 0 Å². The molecule has 2 aromatic rings. The van der Waals surface area contributed by atoms with Crippen LogP contribution in [0.15, 0.2) is 36.7 Å². The zero-order chi connectivity index (χ0) is 27.3. The highest BCUT2D eigenvalue weighted by Crippen LogP contribution is 2.41. The summed E-state index contributed by atoms with van der Waals surface area (Å²) in [4.78, 5) is 20.9. The van der Waals surface area contributed by atoms with Gasteiger partial charge < -0.3 is 9.84 Å². The van der Waals surface area contributed by atoms with Crippen LogP contribution in [0.1, 0.15) is 96.0 Å². The molecule has 1 N–H and O–H groups in total. The molecular weight excluding hydrogens is 488 g/mol. The standard InChI is InChI=1S/C32H50N2O3Si/c1-4-5-23-38(2,3)24-13-12-22-37-29-25-33-30(34-26-29)28-17-15-27(16-18-28)14-8-6-9-19-32(31(35)36)20-10-7-11-21-32/h15-18,25-26H,4-14,19-24H2,1-3H3,(H,35,36). The average Bonchev–Trinajstić information content (AvgIpc) is 2.93. The lowest BCUT2D eigenvalue weighted by atomic mass is 9.71. The number of hydrogen-bond donors (Lipinski definition) is 1. The maximum Gasteiger partial charge on any atom is 0.309 e. The lowest BCUT2D eigenvalue weighted by molar-refractivity contribution is -0.151. The Hall–Kier alpha value is -2.21. The molecule has 1 aliphatic rings. The third kappa shape index (κ3) is 9.83. The van der Waals surface area contributed by atoms with E-state index in [4.69, 9.17) is 4.74 Å². The smallest absolute Gasteiger partial charge is 0.309 e. The van der Waals surface area contributed by atoms with Crippen molar-refractivity contribution in [2.75, 3.05) is 6.61 Å². The van der Waals surface area contributed by atoms with Gasteiger partial charge in [-0.05, 0) is 44.1 Å². The molecule has 0 unspecified atom stereocenters. The number of ether oxygens (including phenoxy) is 1. The highest BCUT2D eigenvalue weighted by molar-refractivity contribution is 6.77. The number of carbonyl (C=O) groups is 1. The Balaban J connectivity index is 1.35. The van der Waals surface area contributed by atoms with E-state index in [1.165, 1.54) is 43.3 Å². The predicted molar refractivity (Wildman–Crippen MR) is 160 cm³/mol. The average molecular weight is 539 g/mol. The van der Waals surface area contributed by atoms with Gasteiger partial charge in [0.2, 0.25) is 0 Å². The van der Waals surface area contributed by atoms with Gasteiger partial charge in [-0.25, -0.2) is 9.97 Å². The van der Waals surface area contributed by atoms with E-state index in [1.54, 1.807) is 12.4 Å². The SMILES string of the molecule is CCCC[Si](C)(C)CCCCOc1cnc(-c2ccc(CCCCCC3(C(=O)O)CCCCC3)cc2)nc1. The summed E-state index contributed by atoms with van der Waals surface area (Å²) in [5, 5.41) is 9.75. The highest BCUT2D eigenvalue weighted by atomic mass is 28.3. The molecule has 0 saturated heterocycles. The van der Waals surface area contributed by atoms with E-state index < -0.39 is 19.5 Å². The van der Waals surface area contributed by atoms with Crippen LogP contribution in [0.4, 0.5) is 0 Å². The molecule has 210 valence electrons. The van der Waals surface area contributed by atoms with Gasteiger partial charge in [0.15, 0.2) is 11.6 Å². The van der Waals surface area contributed by atoms with E-state index in [0.717, 1.165) is 88.0 Å². The van der Waals surface area contributed by atoms with E-state index in [-0.39, 0.29) is 0 Å². The van der Waals surface area contributed by atoms with Gasteiger partial charge in [-0.2, -0.15) is 0 Å². The Morgan fingerprint density at radius 1 is 0.921 bits per heavy atom. The molecule has 0 atom stereocenters. The van der Waals surface area contributed by atoms with Crippen molar-refractivity contribution in [3.05, 3.63) is 42.2 Å². The summed E-state index contributed by atoms with van der Waals surface area (Å²) in [6.45, 7) is 8.04. The minimum atomic E-state index is -1.03. The number of carboxylic acids is 1. The number of unbranched alkanes of at least 4 members (excludes halogenated alkanes) is 4. The molecule has 3 rings (SSSR count). The molecule has 0 bridgehead atoms. The largest absolute Gasteiger partial charge is 0.490 e. The second kappa shape index (κ2) is 15.4. The molecule has 38 heavy (non-hydrogen) atoms. The Bertz CT molecular complexity index is 954. The molecule has 1 aromatic carbocycles. The van der Waals surface area contributed by atoms with Crippen molar-refractivity contribution in [2.24, 2.45) is 5.41 Å². The number of hydrogen-bond acceptors (Lipinski definition) is 4. The van der Waals surface area contributed by atoms with Crippen molar-refractivity contribution in [1.29, 1.82) is 0 Å². The van der Waals surface area contributed by atoms with Gasteiger partial charge in [0, 0.05) is 13.6 Å². The number of rotatable bonds is 17. The van der Waals surface area contributed by atoms with Crippen LogP contribution in [0.2, 0.25) is 25.2 Å². The quantitative estimate of drug-likeness (QED) is 0.161. The molecule has 0 radical (unpaired) electrons. The number of aliphatic carboxylic acids is 1. The van der Waals surface area contributed by atoms with E-state index in [1.807, 2.05) is 0 Å². The molecule has 0 spiro atoms. The number of benzene rings is 1. The normalized spacial score (nSPS) is 15.3. The van der Waals surface area contributed by atoms with Gasteiger partial charge >= 0.3 is 5.97 Å². The van der Waals surface area contributed by atoms with Gasteiger partial charge in [0.05, 0.1) is 24.4 Å². The van der Waals surface area contributed by atoms with Crippen LogP contribution in [0.5, 0.6) is 5.75 Å². The summed E-state index contributed by atoms with van der Waals surface area (Å²) < 4.78 is 5.89. The molecule has 0 amide bonds. The molecule has 1 fully saturated rings. The summed E-state index contributed by atoms with van der Waals surface area (Å²) in [5.41, 5.74) is 1.87. The lowest BCUT2D eigenvalue weighted by Crippen LogP contribution is -2.33. The van der Waals surface area contributed by atoms with Crippen molar-refractivity contribution in [3.8, 4) is 17.1 Å². The Morgan fingerprint density at radius 2 is 1.61 bits per heavy atom. The first kappa shape index (κ1) is 30.3. The summed E-state index contributed by atoms with van der Waals surface area (Å²) >= 11 is 0. The second-order valence-corrected chi connectivity index (χ2v) is 17.5. The fourth-order valence-corrected chi connectivity index (χ4v) is 8.57. The van der Waals surface area contributed by atoms with Gasteiger partial charge in [-0.1, -0.05) is 108 Å². The lowest BCUT2D eigenvalue weighted by Gasteiger charge is -2.33. The van der Waals surface area contributed by atoms with Gasteiger partial charge in [-0.15, -0.1) is 0 Å². The zero-order valence-electron chi connectivity index (χ0n) is 24.1. The summed E-state index contributed by atoms with van der Waals surface area (Å²) in [6.07, 6.45) is 18.7. The highest BCUT2D eigenvalue weighted by Gasteiger charge is 2.38. The Morgan fingerprint density at radius 3 is 2.26 bits per heavy atom. The zero-order valence-corrected chi connectivity index (χ0v) is 25.1. The van der Waals surface area contributed by atoms with E-state index in [9.17, 15) is 9.90 Å². The molecule has 6 heteroatoms. The first-order valence-electron chi connectivity index (χ1n) is 15.1. The molecule has 1 aliphatic carbocycles. The molecule has 1 heterocycles. The van der Waals surface area contributed by atoms with Crippen LogP contribution < -0.4 is 4.74 Å². The molecule has 1 aromatic heterocycles. The molecule has 1 saturated carbocycles. The van der Waals surface area contributed by atoms with Crippen LogP contribution in [0.25, 0.3) is 11.4 Å².